The maximum Gasteiger partial charge on any atom is -0.0106 e. The summed E-state index contributed by atoms with van der Waals surface area (Å²) in [6.07, 6.45) is 1.93. The summed E-state index contributed by atoms with van der Waals surface area (Å²) in [6, 6.07) is 13.1. The minimum absolute atomic E-state index is 1.20. The molecule has 0 unspecified atom stereocenters. The minimum atomic E-state index is 1.20. The van der Waals surface area contributed by atoms with Gasteiger partial charge in [0.15, 0.2) is 0 Å². The molecule has 86 valence electrons. The summed E-state index contributed by atoms with van der Waals surface area (Å²) in [6.45, 7) is 10.3. The number of aryl methyl sites for hydroxylation is 3. The van der Waals surface area contributed by atoms with Crippen LogP contribution in [0, 0.1) is 20.8 Å². The first-order valence-electron chi connectivity index (χ1n) is 5.92. The van der Waals surface area contributed by atoms with Gasteiger partial charge in [-0.15, -0.1) is 0 Å². The fraction of sp³-hybridized carbons (Fsp3) is 0.176. The third kappa shape index (κ3) is 2.31. The van der Waals surface area contributed by atoms with E-state index in [4.69, 9.17) is 0 Å². The molecule has 0 atom stereocenters. The maximum absolute atomic E-state index is 3.90. The van der Waals surface area contributed by atoms with Gasteiger partial charge >= 0.3 is 0 Å². The zero-order valence-corrected chi connectivity index (χ0v) is 10.7. The van der Waals surface area contributed by atoms with Gasteiger partial charge in [0.2, 0.25) is 0 Å². The fourth-order valence-corrected chi connectivity index (χ4v) is 2.11. The molecule has 0 heterocycles. The lowest BCUT2D eigenvalue weighted by molar-refractivity contribution is 1.38. The van der Waals surface area contributed by atoms with Gasteiger partial charge in [-0.25, -0.2) is 0 Å². The highest BCUT2D eigenvalue weighted by Gasteiger charge is 2.06. The number of benzene rings is 2. The second-order valence-corrected chi connectivity index (χ2v) is 4.61. The van der Waals surface area contributed by atoms with Crippen molar-refractivity contribution in [3.63, 3.8) is 0 Å². The minimum Gasteiger partial charge on any atom is -0.0984 e. The highest BCUT2D eigenvalue weighted by molar-refractivity contribution is 5.77. The lowest BCUT2D eigenvalue weighted by Gasteiger charge is -2.11. The van der Waals surface area contributed by atoms with E-state index in [1.165, 1.54) is 33.4 Å². The van der Waals surface area contributed by atoms with E-state index in [1.54, 1.807) is 0 Å². The van der Waals surface area contributed by atoms with Crippen LogP contribution in [0.3, 0.4) is 0 Å². The molecule has 0 nitrogen and oxygen atoms in total. The molecule has 0 heteroatoms. The standard InChI is InChI=1S/C17H18/c1-5-15-9-7-13(3)11-17(15)16-10-12(2)6-8-14(16)4/h5-11H,1H2,2-4H3. The van der Waals surface area contributed by atoms with Gasteiger partial charge in [0.1, 0.15) is 0 Å². The summed E-state index contributed by atoms with van der Waals surface area (Å²) in [5.74, 6) is 0. The van der Waals surface area contributed by atoms with Crippen LogP contribution in [-0.4, -0.2) is 0 Å². The molecular formula is C17H18. The van der Waals surface area contributed by atoms with E-state index in [0.29, 0.717) is 0 Å². The average Bonchev–Trinajstić information content (AvgIpc) is 2.32. The molecule has 0 saturated carbocycles. The van der Waals surface area contributed by atoms with Crippen molar-refractivity contribution in [2.75, 3.05) is 0 Å². The highest BCUT2D eigenvalue weighted by Crippen LogP contribution is 2.29. The van der Waals surface area contributed by atoms with Crippen LogP contribution in [0.25, 0.3) is 17.2 Å². The summed E-state index contributed by atoms with van der Waals surface area (Å²) in [4.78, 5) is 0. The Morgan fingerprint density at radius 1 is 0.824 bits per heavy atom. The van der Waals surface area contributed by atoms with Crippen LogP contribution in [-0.2, 0) is 0 Å². The van der Waals surface area contributed by atoms with Crippen molar-refractivity contribution in [1.82, 2.24) is 0 Å². The average molecular weight is 222 g/mol. The van der Waals surface area contributed by atoms with Crippen molar-refractivity contribution in [2.45, 2.75) is 20.8 Å². The van der Waals surface area contributed by atoms with Gasteiger partial charge in [-0.05, 0) is 43.0 Å². The van der Waals surface area contributed by atoms with Crippen molar-refractivity contribution < 1.29 is 0 Å². The van der Waals surface area contributed by atoms with Crippen LogP contribution in [0.15, 0.2) is 43.0 Å². The lowest BCUT2D eigenvalue weighted by atomic mass is 9.93. The third-order valence-electron chi connectivity index (χ3n) is 3.11. The maximum atomic E-state index is 3.90. The molecule has 0 bridgehead atoms. The van der Waals surface area contributed by atoms with Gasteiger partial charge in [0.05, 0.1) is 0 Å². The molecule has 0 spiro atoms. The number of hydrogen-bond acceptors (Lipinski definition) is 0. The molecule has 0 aliphatic heterocycles. The van der Waals surface area contributed by atoms with Gasteiger partial charge in [-0.1, -0.05) is 60.2 Å². The molecule has 0 fully saturated rings. The molecule has 0 aliphatic rings. The molecule has 2 rings (SSSR count). The Morgan fingerprint density at radius 2 is 1.41 bits per heavy atom. The molecule has 0 aromatic heterocycles. The molecule has 0 aliphatic carbocycles. The monoisotopic (exact) mass is 222 g/mol. The van der Waals surface area contributed by atoms with Crippen molar-refractivity contribution in [2.24, 2.45) is 0 Å². The Morgan fingerprint density at radius 3 is 2.06 bits per heavy atom. The topological polar surface area (TPSA) is 0 Å². The quantitative estimate of drug-likeness (QED) is 0.676. The second-order valence-electron chi connectivity index (χ2n) is 4.61. The molecule has 0 N–H and O–H groups in total. The molecule has 0 radical (unpaired) electrons. The van der Waals surface area contributed by atoms with Gasteiger partial charge in [-0.3, -0.25) is 0 Å². The highest BCUT2D eigenvalue weighted by atomic mass is 14.1. The Labute approximate surface area is 104 Å². The zero-order chi connectivity index (χ0) is 12.4. The van der Waals surface area contributed by atoms with E-state index in [1.807, 2.05) is 6.08 Å². The smallest absolute Gasteiger partial charge is 0.0106 e. The van der Waals surface area contributed by atoms with E-state index in [2.05, 4.69) is 63.7 Å². The summed E-state index contributed by atoms with van der Waals surface area (Å²) < 4.78 is 0. The Hall–Kier alpha value is -1.82. The van der Waals surface area contributed by atoms with E-state index in [-0.39, 0.29) is 0 Å². The Balaban J connectivity index is 2.70. The van der Waals surface area contributed by atoms with Gasteiger partial charge in [-0.2, -0.15) is 0 Å². The number of rotatable bonds is 2. The van der Waals surface area contributed by atoms with Gasteiger partial charge < -0.3 is 0 Å². The second kappa shape index (κ2) is 4.58. The molecule has 17 heavy (non-hydrogen) atoms. The van der Waals surface area contributed by atoms with Crippen molar-refractivity contribution in [3.05, 3.63) is 65.2 Å². The third-order valence-corrected chi connectivity index (χ3v) is 3.11. The predicted octanol–water partition coefficient (Wildman–Crippen LogP) is 4.92. The molecule has 0 saturated heterocycles. The fourth-order valence-electron chi connectivity index (χ4n) is 2.11. The zero-order valence-electron chi connectivity index (χ0n) is 10.7. The van der Waals surface area contributed by atoms with E-state index in [0.717, 1.165) is 0 Å². The van der Waals surface area contributed by atoms with E-state index in [9.17, 15) is 0 Å². The van der Waals surface area contributed by atoms with Gasteiger partial charge in [0, 0.05) is 0 Å². The summed E-state index contributed by atoms with van der Waals surface area (Å²) in [7, 11) is 0. The van der Waals surface area contributed by atoms with Crippen LogP contribution in [0.1, 0.15) is 22.3 Å². The summed E-state index contributed by atoms with van der Waals surface area (Å²) in [5.41, 5.74) is 7.67. The Bertz CT molecular complexity index is 562. The molecule has 2 aromatic rings. The molecular weight excluding hydrogens is 204 g/mol. The summed E-state index contributed by atoms with van der Waals surface area (Å²) in [5, 5.41) is 0. The first kappa shape index (κ1) is 11.7. The first-order chi connectivity index (χ1) is 8.11. The van der Waals surface area contributed by atoms with Crippen LogP contribution < -0.4 is 0 Å². The van der Waals surface area contributed by atoms with Crippen LogP contribution in [0.5, 0.6) is 0 Å². The predicted molar refractivity (Wildman–Crippen MR) is 76.2 cm³/mol. The SMILES string of the molecule is C=Cc1ccc(C)cc1-c1cc(C)ccc1C. The van der Waals surface area contributed by atoms with Crippen LogP contribution in [0.2, 0.25) is 0 Å². The largest absolute Gasteiger partial charge is 0.0984 e. The summed E-state index contributed by atoms with van der Waals surface area (Å²) >= 11 is 0. The lowest BCUT2D eigenvalue weighted by Crippen LogP contribution is -1.89. The molecule has 0 amide bonds. The first-order valence-corrected chi connectivity index (χ1v) is 5.92. The normalized spacial score (nSPS) is 10.3. The van der Waals surface area contributed by atoms with Crippen LogP contribution in [0.4, 0.5) is 0 Å². The van der Waals surface area contributed by atoms with E-state index < -0.39 is 0 Å². The van der Waals surface area contributed by atoms with E-state index >= 15 is 0 Å². The van der Waals surface area contributed by atoms with Crippen LogP contribution >= 0.6 is 0 Å². The van der Waals surface area contributed by atoms with Crippen molar-refractivity contribution in [1.29, 1.82) is 0 Å². The van der Waals surface area contributed by atoms with Crippen molar-refractivity contribution >= 4 is 6.08 Å². The number of hydrogen-bond donors (Lipinski definition) is 0. The van der Waals surface area contributed by atoms with Crippen molar-refractivity contribution in [3.8, 4) is 11.1 Å². The molecule has 2 aromatic carbocycles. The van der Waals surface area contributed by atoms with Gasteiger partial charge in [0.25, 0.3) is 0 Å². The Kier molecular flexibility index (Phi) is 3.14.